The highest BCUT2D eigenvalue weighted by atomic mass is 35.5. The van der Waals surface area contributed by atoms with E-state index < -0.39 is 17.2 Å². The van der Waals surface area contributed by atoms with Gasteiger partial charge in [-0.25, -0.2) is 9.18 Å². The standard InChI is InChI=1S/C20H21ClFN3O3/c1-9-13-16(25(10-2-3-10)6-11(18(13)26)19(27)28)14(21)17(15(9)22)24-7-12(23)20(8-24)4-5-20/h6,10,12H,2-5,7-8,23H2,1H3,(H,27,28)/t12-/m1/s1. The molecule has 2 aliphatic carbocycles. The molecular weight excluding hydrogens is 385 g/mol. The van der Waals surface area contributed by atoms with E-state index in [0.29, 0.717) is 18.6 Å². The second kappa shape index (κ2) is 5.70. The molecule has 1 spiro atoms. The number of anilines is 1. The maximum absolute atomic E-state index is 15.4. The molecule has 1 aromatic heterocycles. The summed E-state index contributed by atoms with van der Waals surface area (Å²) < 4.78 is 17.2. The molecule has 0 radical (unpaired) electrons. The van der Waals surface area contributed by atoms with E-state index in [1.807, 2.05) is 4.90 Å². The number of benzene rings is 1. The molecule has 0 amide bonds. The van der Waals surface area contributed by atoms with Crippen LogP contribution >= 0.6 is 11.6 Å². The Morgan fingerprint density at radius 1 is 1.39 bits per heavy atom. The Hall–Kier alpha value is -2.12. The largest absolute Gasteiger partial charge is 0.477 e. The molecule has 1 atom stereocenters. The molecule has 1 saturated heterocycles. The summed E-state index contributed by atoms with van der Waals surface area (Å²) in [6, 6.07) is 0.0472. The fourth-order valence-electron chi connectivity index (χ4n) is 4.62. The van der Waals surface area contributed by atoms with Gasteiger partial charge in [0.1, 0.15) is 5.56 Å². The fraction of sp³-hybridized carbons (Fsp3) is 0.500. The Balaban J connectivity index is 1.81. The highest BCUT2D eigenvalue weighted by molar-refractivity contribution is 6.38. The summed E-state index contributed by atoms with van der Waals surface area (Å²) in [7, 11) is 0. The summed E-state index contributed by atoms with van der Waals surface area (Å²) >= 11 is 6.71. The van der Waals surface area contributed by atoms with Crippen molar-refractivity contribution in [2.24, 2.45) is 11.1 Å². The number of hydrogen-bond acceptors (Lipinski definition) is 4. The average molecular weight is 406 g/mol. The van der Waals surface area contributed by atoms with Crippen molar-refractivity contribution in [3.05, 3.63) is 38.4 Å². The van der Waals surface area contributed by atoms with Crippen LogP contribution in [0.2, 0.25) is 5.02 Å². The first kappa shape index (κ1) is 17.9. The summed E-state index contributed by atoms with van der Waals surface area (Å²) in [5, 5.41) is 9.67. The van der Waals surface area contributed by atoms with Crippen molar-refractivity contribution in [2.75, 3.05) is 18.0 Å². The predicted octanol–water partition coefficient (Wildman–Crippen LogP) is 3.06. The number of aromatic carboxylic acids is 1. The van der Waals surface area contributed by atoms with Gasteiger partial charge in [0, 0.05) is 42.3 Å². The smallest absolute Gasteiger partial charge is 0.341 e. The van der Waals surface area contributed by atoms with Crippen molar-refractivity contribution in [3.8, 4) is 0 Å². The number of carboxylic acids is 1. The van der Waals surface area contributed by atoms with Crippen molar-refractivity contribution in [3.63, 3.8) is 0 Å². The number of carboxylic acid groups (broad SMARTS) is 1. The Kier molecular flexibility index (Phi) is 3.65. The van der Waals surface area contributed by atoms with Crippen molar-refractivity contribution < 1.29 is 14.3 Å². The summed E-state index contributed by atoms with van der Waals surface area (Å²) in [6.07, 6.45) is 5.17. The van der Waals surface area contributed by atoms with Gasteiger partial charge < -0.3 is 20.3 Å². The van der Waals surface area contributed by atoms with Crippen LogP contribution in [0.5, 0.6) is 0 Å². The van der Waals surface area contributed by atoms with Crippen LogP contribution < -0.4 is 16.1 Å². The number of pyridine rings is 1. The van der Waals surface area contributed by atoms with E-state index in [9.17, 15) is 14.7 Å². The quantitative estimate of drug-likeness (QED) is 0.819. The molecule has 3 N–H and O–H groups in total. The molecule has 5 rings (SSSR count). The number of fused-ring (bicyclic) bond motifs is 1. The minimum atomic E-state index is -1.32. The Labute approximate surface area is 165 Å². The molecule has 148 valence electrons. The van der Waals surface area contributed by atoms with E-state index >= 15 is 4.39 Å². The molecule has 0 unspecified atom stereocenters. The van der Waals surface area contributed by atoms with Crippen LogP contribution in [0.25, 0.3) is 10.9 Å². The third kappa shape index (κ3) is 2.35. The third-order valence-corrected chi connectivity index (χ3v) is 7.01. The minimum absolute atomic E-state index is 0.0287. The number of carbonyl (C=O) groups is 1. The van der Waals surface area contributed by atoms with Crippen molar-refractivity contribution >= 4 is 34.2 Å². The lowest BCUT2D eigenvalue weighted by Gasteiger charge is -2.24. The normalized spacial score (nSPS) is 23.0. The SMILES string of the molecule is Cc1c(F)c(N2C[C@@H](N)C3(CC3)C2)c(Cl)c2c1c(=O)c(C(=O)O)cn2C1CC1. The zero-order valence-electron chi connectivity index (χ0n) is 15.5. The molecule has 3 fully saturated rings. The lowest BCUT2D eigenvalue weighted by Crippen LogP contribution is -2.30. The van der Waals surface area contributed by atoms with Gasteiger partial charge in [0.15, 0.2) is 5.82 Å². The van der Waals surface area contributed by atoms with Crippen LogP contribution in [-0.4, -0.2) is 34.8 Å². The number of nitrogens with two attached hydrogens (primary N) is 1. The molecule has 6 nitrogen and oxygen atoms in total. The van der Waals surface area contributed by atoms with E-state index in [0.717, 1.165) is 25.7 Å². The highest BCUT2D eigenvalue weighted by Crippen LogP contribution is 2.54. The fourth-order valence-corrected chi connectivity index (χ4v) is 5.02. The van der Waals surface area contributed by atoms with E-state index in [1.54, 1.807) is 4.57 Å². The summed E-state index contributed by atoms with van der Waals surface area (Å²) in [6.45, 7) is 2.68. The van der Waals surface area contributed by atoms with Crippen molar-refractivity contribution in [1.29, 1.82) is 0 Å². The third-order valence-electron chi connectivity index (χ3n) is 6.65. The molecule has 2 saturated carbocycles. The molecule has 28 heavy (non-hydrogen) atoms. The van der Waals surface area contributed by atoms with E-state index in [4.69, 9.17) is 17.3 Å². The molecule has 1 aliphatic heterocycles. The van der Waals surface area contributed by atoms with E-state index in [-0.39, 0.29) is 44.7 Å². The maximum Gasteiger partial charge on any atom is 0.341 e. The molecule has 3 aliphatic rings. The highest BCUT2D eigenvalue weighted by Gasteiger charge is 2.54. The number of aromatic nitrogens is 1. The van der Waals surface area contributed by atoms with Gasteiger partial charge in [-0.1, -0.05) is 11.6 Å². The van der Waals surface area contributed by atoms with Crippen LogP contribution in [0.15, 0.2) is 11.0 Å². The van der Waals surface area contributed by atoms with Crippen molar-refractivity contribution in [2.45, 2.75) is 44.7 Å². The van der Waals surface area contributed by atoms with Gasteiger partial charge in [-0.2, -0.15) is 0 Å². The first-order chi connectivity index (χ1) is 13.2. The lowest BCUT2D eigenvalue weighted by atomic mass is 10.0. The molecule has 2 heterocycles. The monoisotopic (exact) mass is 405 g/mol. The summed E-state index contributed by atoms with van der Waals surface area (Å²) in [5.41, 5.74) is 6.14. The van der Waals surface area contributed by atoms with Gasteiger partial charge in [0.25, 0.3) is 0 Å². The van der Waals surface area contributed by atoms with Crippen LogP contribution in [0.4, 0.5) is 10.1 Å². The van der Waals surface area contributed by atoms with Gasteiger partial charge >= 0.3 is 5.97 Å². The lowest BCUT2D eigenvalue weighted by molar-refractivity contribution is 0.0695. The zero-order valence-corrected chi connectivity index (χ0v) is 16.2. The first-order valence-electron chi connectivity index (χ1n) is 9.55. The zero-order chi connectivity index (χ0) is 20.0. The topological polar surface area (TPSA) is 88.6 Å². The number of aryl methyl sites for hydroxylation is 1. The summed E-state index contributed by atoms with van der Waals surface area (Å²) in [4.78, 5) is 26.3. The van der Waals surface area contributed by atoms with Gasteiger partial charge in [-0.15, -0.1) is 0 Å². The molecule has 0 bridgehead atoms. The molecule has 8 heteroatoms. The van der Waals surface area contributed by atoms with Crippen molar-refractivity contribution in [1.82, 2.24) is 4.57 Å². The molecule has 2 aromatic rings. The Morgan fingerprint density at radius 3 is 2.61 bits per heavy atom. The van der Waals surface area contributed by atoms with Gasteiger partial charge in [-0.3, -0.25) is 4.79 Å². The minimum Gasteiger partial charge on any atom is -0.477 e. The Morgan fingerprint density at radius 2 is 2.07 bits per heavy atom. The number of nitrogens with zero attached hydrogens (tertiary/aromatic N) is 2. The predicted molar refractivity (Wildman–Crippen MR) is 105 cm³/mol. The number of hydrogen-bond donors (Lipinski definition) is 2. The van der Waals surface area contributed by atoms with Crippen LogP contribution in [0.1, 0.15) is 47.6 Å². The van der Waals surface area contributed by atoms with E-state index in [2.05, 4.69) is 0 Å². The molecule has 1 aromatic carbocycles. The average Bonchev–Trinajstić information content (AvgIpc) is 3.53. The van der Waals surface area contributed by atoms with Crippen LogP contribution in [-0.2, 0) is 0 Å². The maximum atomic E-state index is 15.4. The van der Waals surface area contributed by atoms with Gasteiger partial charge in [-0.05, 0) is 32.6 Å². The van der Waals surface area contributed by atoms with Crippen LogP contribution in [0.3, 0.4) is 0 Å². The first-order valence-corrected chi connectivity index (χ1v) is 9.93. The second-order valence-electron chi connectivity index (χ2n) is 8.49. The summed E-state index contributed by atoms with van der Waals surface area (Å²) in [5.74, 6) is -1.88. The van der Waals surface area contributed by atoms with E-state index in [1.165, 1.54) is 13.1 Å². The van der Waals surface area contributed by atoms with Gasteiger partial charge in [0.05, 0.1) is 21.6 Å². The van der Waals surface area contributed by atoms with Crippen LogP contribution in [0, 0.1) is 18.2 Å². The Bertz CT molecular complexity index is 1100. The van der Waals surface area contributed by atoms with Gasteiger partial charge in [0.2, 0.25) is 5.43 Å². The number of halogens is 2. The molecular formula is C20H21ClFN3O3. The number of rotatable bonds is 3. The second-order valence-corrected chi connectivity index (χ2v) is 8.87.